The first-order valence-corrected chi connectivity index (χ1v) is 6.89. The molecule has 1 saturated heterocycles. The Morgan fingerprint density at radius 3 is 2.81 bits per heavy atom. The third-order valence-electron chi connectivity index (χ3n) is 3.32. The molecule has 2 heterocycles. The summed E-state index contributed by atoms with van der Waals surface area (Å²) in [5.41, 5.74) is 0.427. The number of amides is 1. The van der Waals surface area contributed by atoms with E-state index in [0.717, 1.165) is 0 Å². The van der Waals surface area contributed by atoms with E-state index in [9.17, 15) is 13.6 Å². The Kier molecular flexibility index (Phi) is 3.62. The molecule has 2 aliphatic rings. The van der Waals surface area contributed by atoms with Crippen LogP contribution >= 0.6 is 11.6 Å². The lowest BCUT2D eigenvalue weighted by Crippen LogP contribution is -2.41. The Hall–Kier alpha value is -1.60. The van der Waals surface area contributed by atoms with E-state index in [4.69, 9.17) is 16.3 Å². The Bertz CT molecular complexity index is 563. The summed E-state index contributed by atoms with van der Waals surface area (Å²) in [6.45, 7) is 0.923. The molecule has 21 heavy (non-hydrogen) atoms. The molecule has 114 valence electrons. The Morgan fingerprint density at radius 1 is 1.38 bits per heavy atom. The van der Waals surface area contributed by atoms with Gasteiger partial charge in [-0.1, -0.05) is 0 Å². The number of hydrogen-bond donors (Lipinski definition) is 0. The zero-order valence-electron chi connectivity index (χ0n) is 10.9. The molecule has 0 radical (unpaired) electrons. The largest absolute Gasteiger partial charge is 0.586 e. The summed E-state index contributed by atoms with van der Waals surface area (Å²) in [6, 6.07) is 4.04. The number of carbonyl (C=O) groups excluding carboxylic acids is 1. The molecule has 1 unspecified atom stereocenters. The average molecular weight is 320 g/mol. The highest BCUT2D eigenvalue weighted by Gasteiger charge is 2.44. The van der Waals surface area contributed by atoms with Crippen LogP contribution in [0.2, 0.25) is 0 Å². The van der Waals surface area contributed by atoms with E-state index >= 15 is 0 Å². The summed E-state index contributed by atoms with van der Waals surface area (Å²) in [7, 11) is 0. The predicted molar refractivity (Wildman–Crippen MR) is 70.1 cm³/mol. The lowest BCUT2D eigenvalue weighted by Gasteiger charge is -2.27. The Balaban J connectivity index is 1.92. The first kappa shape index (κ1) is 14.3. The number of alkyl halides is 3. The van der Waals surface area contributed by atoms with Crippen molar-refractivity contribution in [3.8, 4) is 11.5 Å². The van der Waals surface area contributed by atoms with Gasteiger partial charge in [0, 0.05) is 18.4 Å². The van der Waals surface area contributed by atoms with Crippen LogP contribution in [0.5, 0.6) is 11.5 Å². The van der Waals surface area contributed by atoms with Gasteiger partial charge in [0.25, 0.3) is 0 Å². The number of halogens is 3. The smallest absolute Gasteiger partial charge is 0.395 e. The maximum atomic E-state index is 13.0. The summed E-state index contributed by atoms with van der Waals surface area (Å²) in [5.74, 6) is -0.701. The van der Waals surface area contributed by atoms with Crippen molar-refractivity contribution in [2.24, 2.45) is 0 Å². The molecule has 0 saturated carbocycles. The van der Waals surface area contributed by atoms with Gasteiger partial charge in [0.15, 0.2) is 11.5 Å². The van der Waals surface area contributed by atoms with Gasteiger partial charge in [-0.3, -0.25) is 4.79 Å². The van der Waals surface area contributed by atoms with Crippen LogP contribution in [0.4, 0.5) is 14.5 Å². The summed E-state index contributed by atoms with van der Waals surface area (Å²) >= 11 is 5.63. The Labute approximate surface area is 124 Å². The summed E-state index contributed by atoms with van der Waals surface area (Å²) in [6.07, 6.45) is -3.02. The molecular weight excluding hydrogens is 308 g/mol. The van der Waals surface area contributed by atoms with Crippen molar-refractivity contribution in [3.05, 3.63) is 18.2 Å². The molecule has 1 atom stereocenters. The normalized spacial score (nSPS) is 22.3. The SMILES string of the molecule is O=C(CCl)N(c1ccc2c(c1)OC(F)(F)O2)C1CCOC1. The van der Waals surface area contributed by atoms with Crippen molar-refractivity contribution in [1.82, 2.24) is 0 Å². The maximum Gasteiger partial charge on any atom is 0.586 e. The molecule has 0 N–H and O–H groups in total. The molecule has 2 aliphatic heterocycles. The number of anilines is 1. The monoisotopic (exact) mass is 319 g/mol. The minimum Gasteiger partial charge on any atom is -0.395 e. The fourth-order valence-corrected chi connectivity index (χ4v) is 2.56. The van der Waals surface area contributed by atoms with Gasteiger partial charge in [0.1, 0.15) is 5.88 Å². The fourth-order valence-electron chi connectivity index (χ4n) is 2.44. The minimum atomic E-state index is -3.68. The van der Waals surface area contributed by atoms with Crippen LogP contribution in [-0.2, 0) is 9.53 Å². The maximum absolute atomic E-state index is 13.0. The number of fused-ring (bicyclic) bond motifs is 1. The van der Waals surface area contributed by atoms with Crippen LogP contribution in [0.15, 0.2) is 18.2 Å². The van der Waals surface area contributed by atoms with Gasteiger partial charge in [-0.05, 0) is 18.6 Å². The second-order valence-corrected chi connectivity index (χ2v) is 4.98. The molecule has 3 rings (SSSR count). The van der Waals surface area contributed by atoms with Gasteiger partial charge in [0.2, 0.25) is 5.91 Å². The molecule has 1 aromatic carbocycles. The number of nitrogens with zero attached hydrogens (tertiary/aromatic N) is 1. The molecule has 1 fully saturated rings. The lowest BCUT2D eigenvalue weighted by molar-refractivity contribution is -0.286. The van der Waals surface area contributed by atoms with Crippen molar-refractivity contribution < 1.29 is 27.8 Å². The zero-order valence-corrected chi connectivity index (χ0v) is 11.6. The zero-order chi connectivity index (χ0) is 15.0. The topological polar surface area (TPSA) is 48.0 Å². The lowest BCUT2D eigenvalue weighted by atomic mass is 10.1. The Morgan fingerprint density at radius 2 is 2.14 bits per heavy atom. The number of hydrogen-bond acceptors (Lipinski definition) is 4. The highest BCUT2D eigenvalue weighted by molar-refractivity contribution is 6.29. The van der Waals surface area contributed by atoms with Gasteiger partial charge in [-0.25, -0.2) is 0 Å². The molecule has 0 spiro atoms. The van der Waals surface area contributed by atoms with E-state index in [0.29, 0.717) is 25.3 Å². The van der Waals surface area contributed by atoms with E-state index in [1.165, 1.54) is 23.1 Å². The van der Waals surface area contributed by atoms with E-state index in [1.807, 2.05) is 0 Å². The van der Waals surface area contributed by atoms with E-state index < -0.39 is 6.29 Å². The van der Waals surface area contributed by atoms with Crippen molar-refractivity contribution in [1.29, 1.82) is 0 Å². The van der Waals surface area contributed by atoms with E-state index in [1.54, 1.807) is 0 Å². The number of benzene rings is 1. The van der Waals surface area contributed by atoms with Crippen LogP contribution in [0.1, 0.15) is 6.42 Å². The summed E-state index contributed by atoms with van der Waals surface area (Å²) in [4.78, 5) is 13.5. The van der Waals surface area contributed by atoms with Crippen LogP contribution in [0.25, 0.3) is 0 Å². The van der Waals surface area contributed by atoms with Crippen molar-refractivity contribution in [2.45, 2.75) is 18.8 Å². The third-order valence-corrected chi connectivity index (χ3v) is 3.55. The number of rotatable bonds is 3. The third kappa shape index (κ3) is 2.75. The molecule has 1 aromatic rings. The molecular formula is C13H12ClF2NO4. The van der Waals surface area contributed by atoms with Crippen molar-refractivity contribution in [2.75, 3.05) is 24.0 Å². The number of ether oxygens (including phenoxy) is 3. The second-order valence-electron chi connectivity index (χ2n) is 4.71. The van der Waals surface area contributed by atoms with Crippen molar-refractivity contribution in [3.63, 3.8) is 0 Å². The average Bonchev–Trinajstić information content (AvgIpc) is 3.04. The first-order chi connectivity index (χ1) is 10.00. The van der Waals surface area contributed by atoms with Gasteiger partial charge >= 0.3 is 6.29 Å². The van der Waals surface area contributed by atoms with Crippen LogP contribution in [0.3, 0.4) is 0 Å². The fraction of sp³-hybridized carbons (Fsp3) is 0.462. The highest BCUT2D eigenvalue weighted by Crippen LogP contribution is 2.43. The molecule has 0 bridgehead atoms. The number of carbonyl (C=O) groups is 1. The van der Waals surface area contributed by atoms with Gasteiger partial charge in [-0.15, -0.1) is 20.4 Å². The summed E-state index contributed by atoms with van der Waals surface area (Å²) < 4.78 is 40.1. The second kappa shape index (κ2) is 5.31. The van der Waals surface area contributed by atoms with Crippen LogP contribution < -0.4 is 14.4 Å². The summed E-state index contributed by atoms with van der Waals surface area (Å²) in [5, 5.41) is 0. The molecule has 1 amide bonds. The highest BCUT2D eigenvalue weighted by atomic mass is 35.5. The quantitative estimate of drug-likeness (QED) is 0.803. The molecule has 5 nitrogen and oxygen atoms in total. The van der Waals surface area contributed by atoms with E-state index in [2.05, 4.69) is 9.47 Å². The van der Waals surface area contributed by atoms with Crippen molar-refractivity contribution >= 4 is 23.2 Å². The first-order valence-electron chi connectivity index (χ1n) is 6.36. The van der Waals surface area contributed by atoms with E-state index in [-0.39, 0.29) is 29.3 Å². The van der Waals surface area contributed by atoms with Crippen LogP contribution in [-0.4, -0.2) is 37.3 Å². The van der Waals surface area contributed by atoms with Gasteiger partial charge in [-0.2, -0.15) is 0 Å². The molecule has 0 aliphatic carbocycles. The molecule has 0 aromatic heterocycles. The van der Waals surface area contributed by atoms with Crippen LogP contribution in [0, 0.1) is 0 Å². The standard InChI is InChI=1S/C13H12ClF2NO4/c14-6-12(18)17(9-3-4-19-7-9)8-1-2-10-11(5-8)21-13(15,16)20-10/h1-2,5,9H,3-4,6-7H2. The van der Waals surface area contributed by atoms with Gasteiger partial charge < -0.3 is 19.1 Å². The molecule has 8 heteroatoms. The minimum absolute atomic E-state index is 0.0651. The predicted octanol–water partition coefficient (Wildman–Crippen LogP) is 2.37. The van der Waals surface area contributed by atoms with Gasteiger partial charge in [0.05, 0.1) is 12.6 Å².